The van der Waals surface area contributed by atoms with Gasteiger partial charge in [-0.25, -0.2) is 14.8 Å². The van der Waals surface area contributed by atoms with Crippen molar-refractivity contribution in [3.05, 3.63) is 42.4 Å². The summed E-state index contributed by atoms with van der Waals surface area (Å²) in [4.78, 5) is 22.8. The summed E-state index contributed by atoms with van der Waals surface area (Å²) in [7, 11) is 1.60. The average Bonchev–Trinajstić information content (AvgIpc) is 2.68. The van der Waals surface area contributed by atoms with Crippen LogP contribution in [0.2, 0.25) is 0 Å². The summed E-state index contributed by atoms with van der Waals surface area (Å²) in [5.74, 6) is 2.15. The van der Waals surface area contributed by atoms with E-state index in [0.29, 0.717) is 24.7 Å². The fourth-order valence-electron chi connectivity index (χ4n) is 2.45. The van der Waals surface area contributed by atoms with Crippen molar-refractivity contribution < 1.29 is 14.3 Å². The van der Waals surface area contributed by atoms with Crippen molar-refractivity contribution in [3.8, 4) is 5.75 Å². The van der Waals surface area contributed by atoms with Gasteiger partial charge in [0.25, 0.3) is 0 Å². The van der Waals surface area contributed by atoms with E-state index in [-0.39, 0.29) is 12.6 Å². The van der Waals surface area contributed by atoms with Crippen molar-refractivity contribution in [2.75, 3.05) is 43.6 Å². The number of ether oxygens (including phenoxy) is 2. The number of nitrogens with zero attached hydrogens (tertiary/aromatic N) is 3. The molecule has 25 heavy (non-hydrogen) atoms. The van der Waals surface area contributed by atoms with Crippen LogP contribution in [0.4, 0.5) is 16.3 Å². The largest absolute Gasteiger partial charge is 0.497 e. The van der Waals surface area contributed by atoms with E-state index in [1.165, 1.54) is 0 Å². The van der Waals surface area contributed by atoms with Gasteiger partial charge in [-0.3, -0.25) is 0 Å². The average molecular weight is 343 g/mol. The van der Waals surface area contributed by atoms with Crippen LogP contribution in [0.25, 0.3) is 0 Å². The molecule has 132 valence electrons. The van der Waals surface area contributed by atoms with Crippen molar-refractivity contribution in [1.29, 1.82) is 0 Å². The summed E-state index contributed by atoms with van der Waals surface area (Å²) >= 11 is 0. The summed E-state index contributed by atoms with van der Waals surface area (Å²) in [6, 6.07) is 8.66. The van der Waals surface area contributed by atoms with Gasteiger partial charge in [-0.1, -0.05) is 0 Å². The molecule has 1 aliphatic rings. The molecule has 0 spiro atoms. The second kappa shape index (κ2) is 8.29. The summed E-state index contributed by atoms with van der Waals surface area (Å²) in [6.45, 7) is 3.26. The normalized spacial score (nSPS) is 14.0. The number of amides is 2. The molecule has 3 rings (SSSR count). The fraction of sp³-hybridized carbons (Fsp3) is 0.353. The maximum atomic E-state index is 12.0. The standard InChI is InChI=1S/C17H21N5O3/c1-24-14-4-2-13(3-5-14)20-17(23)19-12-15-18-7-6-16(21-15)22-8-10-25-11-9-22/h2-7H,8-12H2,1H3,(H2,19,20,23). The molecule has 8 nitrogen and oxygen atoms in total. The SMILES string of the molecule is COc1ccc(NC(=O)NCc2nccc(N3CCOCC3)n2)cc1. The maximum absolute atomic E-state index is 12.0. The smallest absolute Gasteiger partial charge is 0.319 e. The quantitative estimate of drug-likeness (QED) is 0.858. The molecule has 1 fully saturated rings. The van der Waals surface area contributed by atoms with E-state index >= 15 is 0 Å². The van der Waals surface area contributed by atoms with Crippen LogP contribution in [0.3, 0.4) is 0 Å². The lowest BCUT2D eigenvalue weighted by molar-refractivity contribution is 0.122. The van der Waals surface area contributed by atoms with Crippen molar-refractivity contribution in [2.24, 2.45) is 0 Å². The molecule has 1 aliphatic heterocycles. The molecule has 0 atom stereocenters. The van der Waals surface area contributed by atoms with Crippen molar-refractivity contribution in [2.45, 2.75) is 6.54 Å². The molecule has 2 aromatic rings. The van der Waals surface area contributed by atoms with Gasteiger partial charge in [0.2, 0.25) is 0 Å². The Balaban J connectivity index is 1.52. The van der Waals surface area contributed by atoms with Crippen LogP contribution < -0.4 is 20.3 Å². The molecule has 0 aliphatic carbocycles. The van der Waals surface area contributed by atoms with Gasteiger partial charge in [0.05, 0.1) is 26.9 Å². The highest BCUT2D eigenvalue weighted by molar-refractivity contribution is 5.89. The number of benzene rings is 1. The number of morpholine rings is 1. The van der Waals surface area contributed by atoms with E-state index in [2.05, 4.69) is 25.5 Å². The molecule has 0 radical (unpaired) electrons. The highest BCUT2D eigenvalue weighted by atomic mass is 16.5. The molecule has 1 aromatic heterocycles. The molecule has 1 aromatic carbocycles. The van der Waals surface area contributed by atoms with E-state index in [1.54, 1.807) is 37.6 Å². The van der Waals surface area contributed by atoms with Crippen LogP contribution in [-0.2, 0) is 11.3 Å². The number of methoxy groups -OCH3 is 1. The number of carbonyl (C=O) groups excluding carboxylic acids is 1. The number of urea groups is 1. The number of aromatic nitrogens is 2. The molecule has 0 unspecified atom stereocenters. The lowest BCUT2D eigenvalue weighted by Gasteiger charge is -2.27. The number of hydrogen-bond acceptors (Lipinski definition) is 6. The van der Waals surface area contributed by atoms with Crippen molar-refractivity contribution in [1.82, 2.24) is 15.3 Å². The molecule has 2 N–H and O–H groups in total. The zero-order chi connectivity index (χ0) is 17.5. The van der Waals surface area contributed by atoms with Gasteiger partial charge in [-0.2, -0.15) is 0 Å². The third kappa shape index (κ3) is 4.80. The van der Waals surface area contributed by atoms with Gasteiger partial charge in [0, 0.05) is 25.0 Å². The minimum Gasteiger partial charge on any atom is -0.497 e. The molecule has 2 amide bonds. The zero-order valence-electron chi connectivity index (χ0n) is 14.1. The predicted molar refractivity (Wildman–Crippen MR) is 93.9 cm³/mol. The molecule has 0 saturated carbocycles. The molecule has 0 bridgehead atoms. The van der Waals surface area contributed by atoms with Gasteiger partial charge < -0.3 is 25.0 Å². The summed E-state index contributed by atoms with van der Waals surface area (Å²) < 4.78 is 10.4. The lowest BCUT2D eigenvalue weighted by Crippen LogP contribution is -2.37. The van der Waals surface area contributed by atoms with Gasteiger partial charge in [-0.05, 0) is 30.3 Å². The van der Waals surface area contributed by atoms with Crippen LogP contribution in [0, 0.1) is 0 Å². The summed E-state index contributed by atoms with van der Waals surface area (Å²) in [5.41, 5.74) is 0.682. The number of rotatable bonds is 5. The van der Waals surface area contributed by atoms with Gasteiger partial charge in [0.15, 0.2) is 0 Å². The van der Waals surface area contributed by atoms with Gasteiger partial charge in [0.1, 0.15) is 17.4 Å². The molecular weight excluding hydrogens is 322 g/mol. The third-order valence-electron chi connectivity index (χ3n) is 3.78. The monoisotopic (exact) mass is 343 g/mol. The summed E-state index contributed by atoms with van der Waals surface area (Å²) in [5, 5.41) is 5.51. The number of anilines is 2. The van der Waals surface area contributed by atoms with E-state index in [9.17, 15) is 4.79 Å². The fourth-order valence-corrected chi connectivity index (χ4v) is 2.45. The van der Waals surface area contributed by atoms with Crippen molar-refractivity contribution in [3.63, 3.8) is 0 Å². The van der Waals surface area contributed by atoms with E-state index in [4.69, 9.17) is 9.47 Å². The molecule has 8 heteroatoms. The molecule has 2 heterocycles. The Morgan fingerprint density at radius 3 is 2.72 bits per heavy atom. The first-order valence-electron chi connectivity index (χ1n) is 8.08. The molecule has 1 saturated heterocycles. The van der Waals surface area contributed by atoms with Gasteiger partial charge >= 0.3 is 6.03 Å². The third-order valence-corrected chi connectivity index (χ3v) is 3.78. The van der Waals surface area contributed by atoms with Crippen LogP contribution >= 0.6 is 0 Å². The number of carbonyl (C=O) groups is 1. The second-order valence-corrected chi connectivity index (χ2v) is 5.47. The Morgan fingerprint density at radius 2 is 2.00 bits per heavy atom. The second-order valence-electron chi connectivity index (χ2n) is 5.47. The Hall–Kier alpha value is -2.87. The first-order valence-corrected chi connectivity index (χ1v) is 8.08. The Labute approximate surface area is 146 Å². The maximum Gasteiger partial charge on any atom is 0.319 e. The van der Waals surface area contributed by atoms with E-state index in [1.807, 2.05) is 6.07 Å². The highest BCUT2D eigenvalue weighted by Gasteiger charge is 2.13. The predicted octanol–water partition coefficient (Wildman–Crippen LogP) is 1.64. The van der Waals surface area contributed by atoms with Crippen LogP contribution in [0.1, 0.15) is 5.82 Å². The minimum atomic E-state index is -0.314. The molecular formula is C17H21N5O3. The summed E-state index contributed by atoms with van der Waals surface area (Å²) in [6.07, 6.45) is 1.70. The van der Waals surface area contributed by atoms with E-state index < -0.39 is 0 Å². The Bertz CT molecular complexity index is 702. The number of hydrogen-bond donors (Lipinski definition) is 2. The van der Waals surface area contributed by atoms with E-state index in [0.717, 1.165) is 24.7 Å². The van der Waals surface area contributed by atoms with Crippen LogP contribution in [-0.4, -0.2) is 49.4 Å². The Kier molecular flexibility index (Phi) is 5.63. The van der Waals surface area contributed by atoms with Crippen LogP contribution in [0.5, 0.6) is 5.75 Å². The van der Waals surface area contributed by atoms with Gasteiger partial charge in [-0.15, -0.1) is 0 Å². The zero-order valence-corrected chi connectivity index (χ0v) is 14.1. The topological polar surface area (TPSA) is 88.6 Å². The van der Waals surface area contributed by atoms with Crippen LogP contribution in [0.15, 0.2) is 36.5 Å². The lowest BCUT2D eigenvalue weighted by atomic mass is 10.3. The van der Waals surface area contributed by atoms with Crippen molar-refractivity contribution >= 4 is 17.5 Å². The number of nitrogens with one attached hydrogen (secondary N) is 2. The Morgan fingerprint density at radius 1 is 1.24 bits per heavy atom. The first kappa shape index (κ1) is 17.0. The minimum absolute atomic E-state index is 0.250. The first-order chi connectivity index (χ1) is 12.2. The highest BCUT2D eigenvalue weighted by Crippen LogP contribution is 2.15.